The lowest BCUT2D eigenvalue weighted by Gasteiger charge is -2.27. The van der Waals surface area contributed by atoms with Crippen LogP contribution in [0.4, 0.5) is 5.69 Å². The van der Waals surface area contributed by atoms with Crippen molar-refractivity contribution < 1.29 is 0 Å². The van der Waals surface area contributed by atoms with Crippen LogP contribution in [-0.4, -0.2) is 12.6 Å². The first-order valence-corrected chi connectivity index (χ1v) is 6.79. The minimum Gasteiger partial charge on any atom is -0.385 e. The highest BCUT2D eigenvalue weighted by Crippen LogP contribution is 2.26. The summed E-state index contributed by atoms with van der Waals surface area (Å²) in [5, 5.41) is 4.33. The molecule has 0 heterocycles. The van der Waals surface area contributed by atoms with Crippen LogP contribution in [0.3, 0.4) is 0 Å². The van der Waals surface area contributed by atoms with Gasteiger partial charge in [0, 0.05) is 23.3 Å². The summed E-state index contributed by atoms with van der Waals surface area (Å²) in [5.74, 6) is 0.706. The van der Waals surface area contributed by atoms with Gasteiger partial charge in [0.1, 0.15) is 0 Å². The molecular formula is C14H21ClN2. The summed E-state index contributed by atoms with van der Waals surface area (Å²) in [5.41, 5.74) is 8.28. The number of nitrogens with one attached hydrogen (secondary N) is 1. The van der Waals surface area contributed by atoms with Gasteiger partial charge in [0.2, 0.25) is 0 Å². The second kappa shape index (κ2) is 5.74. The number of anilines is 1. The van der Waals surface area contributed by atoms with Gasteiger partial charge in [-0.1, -0.05) is 24.1 Å². The molecule has 0 aliphatic heterocycles. The molecule has 0 saturated heterocycles. The number of halogens is 1. The molecule has 1 aromatic carbocycles. The van der Waals surface area contributed by atoms with E-state index in [0.29, 0.717) is 12.0 Å². The maximum atomic E-state index is 6.10. The Hall–Kier alpha value is -0.730. The number of nitrogens with two attached hydrogens (primary N) is 1. The predicted octanol–water partition coefficient (Wildman–Crippen LogP) is 3.58. The third-order valence-electron chi connectivity index (χ3n) is 3.67. The predicted molar refractivity (Wildman–Crippen MR) is 74.6 cm³/mol. The normalized spacial score (nSPS) is 24.6. The molecule has 1 aliphatic carbocycles. The van der Waals surface area contributed by atoms with Crippen molar-refractivity contribution in [2.75, 3.05) is 11.9 Å². The van der Waals surface area contributed by atoms with Gasteiger partial charge in [0.15, 0.2) is 0 Å². The van der Waals surface area contributed by atoms with E-state index in [9.17, 15) is 0 Å². The first-order valence-electron chi connectivity index (χ1n) is 6.41. The summed E-state index contributed by atoms with van der Waals surface area (Å²) in [7, 11) is 0. The molecule has 0 bridgehead atoms. The zero-order chi connectivity index (χ0) is 12.3. The first-order chi connectivity index (χ1) is 8.16. The van der Waals surface area contributed by atoms with E-state index in [4.69, 9.17) is 17.3 Å². The van der Waals surface area contributed by atoms with E-state index in [0.717, 1.165) is 29.2 Å². The summed E-state index contributed by atoms with van der Waals surface area (Å²) in [6.07, 6.45) is 4.89. The van der Waals surface area contributed by atoms with E-state index in [1.54, 1.807) is 0 Å². The van der Waals surface area contributed by atoms with Gasteiger partial charge >= 0.3 is 0 Å². The zero-order valence-corrected chi connectivity index (χ0v) is 11.1. The van der Waals surface area contributed by atoms with Crippen molar-refractivity contribution in [3.63, 3.8) is 0 Å². The molecule has 2 nitrogen and oxygen atoms in total. The van der Waals surface area contributed by atoms with Crippen molar-refractivity contribution in [3.05, 3.63) is 28.8 Å². The third-order valence-corrected chi connectivity index (χ3v) is 4.08. The van der Waals surface area contributed by atoms with Crippen LogP contribution in [0.2, 0.25) is 5.02 Å². The molecule has 0 radical (unpaired) electrons. The minimum absolute atomic E-state index is 0.399. The quantitative estimate of drug-likeness (QED) is 0.863. The van der Waals surface area contributed by atoms with E-state index in [-0.39, 0.29) is 0 Å². The second-order valence-corrected chi connectivity index (χ2v) is 5.49. The molecule has 0 aromatic heterocycles. The van der Waals surface area contributed by atoms with Crippen LogP contribution >= 0.6 is 11.6 Å². The van der Waals surface area contributed by atoms with Crippen LogP contribution in [0.25, 0.3) is 0 Å². The Morgan fingerprint density at radius 2 is 2.24 bits per heavy atom. The third kappa shape index (κ3) is 3.36. The molecule has 1 aliphatic rings. The average molecular weight is 253 g/mol. The number of hydrogen-bond donors (Lipinski definition) is 2. The van der Waals surface area contributed by atoms with Crippen molar-refractivity contribution in [1.29, 1.82) is 0 Å². The molecule has 2 unspecified atom stereocenters. The molecule has 2 atom stereocenters. The Morgan fingerprint density at radius 3 is 3.00 bits per heavy atom. The SMILES string of the molecule is Cc1c(Cl)cccc1NCC1CCCC(N)C1. The first kappa shape index (κ1) is 12.7. The minimum atomic E-state index is 0.399. The topological polar surface area (TPSA) is 38.0 Å². The fourth-order valence-electron chi connectivity index (χ4n) is 2.57. The Balaban J connectivity index is 1.91. The number of hydrogen-bond acceptors (Lipinski definition) is 2. The Bertz CT molecular complexity index is 378. The van der Waals surface area contributed by atoms with E-state index in [1.807, 2.05) is 12.1 Å². The fraction of sp³-hybridized carbons (Fsp3) is 0.571. The van der Waals surface area contributed by atoms with Gasteiger partial charge in [-0.25, -0.2) is 0 Å². The maximum absolute atomic E-state index is 6.10. The lowest BCUT2D eigenvalue weighted by molar-refractivity contribution is 0.335. The number of rotatable bonds is 3. The van der Waals surface area contributed by atoms with Gasteiger partial charge in [0.05, 0.1) is 0 Å². The van der Waals surface area contributed by atoms with E-state index in [1.165, 1.54) is 19.3 Å². The van der Waals surface area contributed by atoms with Crippen molar-refractivity contribution in [2.24, 2.45) is 11.7 Å². The van der Waals surface area contributed by atoms with Gasteiger partial charge < -0.3 is 11.1 Å². The van der Waals surface area contributed by atoms with Crippen LogP contribution in [0, 0.1) is 12.8 Å². The standard InChI is InChI=1S/C14H21ClN2/c1-10-13(15)6-3-7-14(10)17-9-11-4-2-5-12(16)8-11/h3,6-7,11-12,17H,2,4-5,8-9,16H2,1H3. The molecule has 17 heavy (non-hydrogen) atoms. The van der Waals surface area contributed by atoms with Gasteiger partial charge in [-0.2, -0.15) is 0 Å². The molecule has 3 N–H and O–H groups in total. The van der Waals surface area contributed by atoms with Crippen LogP contribution in [-0.2, 0) is 0 Å². The highest BCUT2D eigenvalue weighted by Gasteiger charge is 2.18. The van der Waals surface area contributed by atoms with Gasteiger partial charge in [-0.05, 0) is 49.8 Å². The summed E-state index contributed by atoms with van der Waals surface area (Å²) >= 11 is 6.10. The highest BCUT2D eigenvalue weighted by molar-refractivity contribution is 6.31. The summed E-state index contributed by atoms with van der Waals surface area (Å²) < 4.78 is 0. The Labute approximate surface area is 109 Å². The molecule has 1 saturated carbocycles. The van der Waals surface area contributed by atoms with E-state index < -0.39 is 0 Å². The molecule has 1 aromatic rings. The molecule has 0 amide bonds. The van der Waals surface area contributed by atoms with Crippen LogP contribution in [0.15, 0.2) is 18.2 Å². The van der Waals surface area contributed by atoms with E-state index >= 15 is 0 Å². The van der Waals surface area contributed by atoms with Crippen molar-refractivity contribution in [3.8, 4) is 0 Å². The van der Waals surface area contributed by atoms with Crippen molar-refractivity contribution in [1.82, 2.24) is 0 Å². The highest BCUT2D eigenvalue weighted by atomic mass is 35.5. The Morgan fingerprint density at radius 1 is 1.41 bits per heavy atom. The molecule has 3 heteroatoms. The monoisotopic (exact) mass is 252 g/mol. The second-order valence-electron chi connectivity index (χ2n) is 5.09. The van der Waals surface area contributed by atoms with Crippen LogP contribution in [0.5, 0.6) is 0 Å². The van der Waals surface area contributed by atoms with Crippen LogP contribution in [0.1, 0.15) is 31.2 Å². The van der Waals surface area contributed by atoms with Crippen molar-refractivity contribution in [2.45, 2.75) is 38.6 Å². The molecule has 2 rings (SSSR count). The van der Waals surface area contributed by atoms with E-state index in [2.05, 4.69) is 18.3 Å². The molecule has 94 valence electrons. The molecule has 1 fully saturated rings. The van der Waals surface area contributed by atoms with Crippen molar-refractivity contribution >= 4 is 17.3 Å². The van der Waals surface area contributed by atoms with Gasteiger partial charge in [0.25, 0.3) is 0 Å². The lowest BCUT2D eigenvalue weighted by Crippen LogP contribution is -2.31. The van der Waals surface area contributed by atoms with Gasteiger partial charge in [-0.15, -0.1) is 0 Å². The summed E-state index contributed by atoms with van der Waals surface area (Å²) in [6, 6.07) is 6.41. The Kier molecular flexibility index (Phi) is 4.30. The number of benzene rings is 1. The maximum Gasteiger partial charge on any atom is 0.0455 e. The summed E-state index contributed by atoms with van der Waals surface area (Å²) in [4.78, 5) is 0. The zero-order valence-electron chi connectivity index (χ0n) is 10.4. The molecular weight excluding hydrogens is 232 g/mol. The fourth-order valence-corrected chi connectivity index (χ4v) is 2.75. The molecule has 0 spiro atoms. The lowest BCUT2D eigenvalue weighted by atomic mass is 9.86. The average Bonchev–Trinajstić information content (AvgIpc) is 2.31. The summed E-state index contributed by atoms with van der Waals surface area (Å²) in [6.45, 7) is 3.06. The largest absolute Gasteiger partial charge is 0.385 e. The smallest absolute Gasteiger partial charge is 0.0455 e. The van der Waals surface area contributed by atoms with Gasteiger partial charge in [-0.3, -0.25) is 0 Å². The van der Waals surface area contributed by atoms with Crippen LogP contribution < -0.4 is 11.1 Å².